The molecule has 0 spiro atoms. The van der Waals surface area contributed by atoms with Crippen molar-refractivity contribution < 1.29 is 17.9 Å². The third-order valence-electron chi connectivity index (χ3n) is 1.56. The maximum atomic E-state index is 12.0. The van der Waals surface area contributed by atoms with E-state index in [0.717, 1.165) is 0 Å². The van der Waals surface area contributed by atoms with Gasteiger partial charge in [-0.15, -0.1) is 0 Å². The minimum absolute atomic E-state index is 0.285. The summed E-state index contributed by atoms with van der Waals surface area (Å²) in [4.78, 5) is 0.329. The Hall–Kier alpha value is -0.360. The van der Waals surface area contributed by atoms with Crippen molar-refractivity contribution in [3.8, 4) is 0 Å². The number of hydrogen-bond acceptors (Lipinski definition) is 2. The smallest absolute Gasteiger partial charge is 0.375 e. The van der Waals surface area contributed by atoms with Crippen LogP contribution in [0.4, 0.5) is 13.2 Å². The van der Waals surface area contributed by atoms with Crippen molar-refractivity contribution >= 4 is 17.2 Å². The zero-order valence-corrected chi connectivity index (χ0v) is 7.13. The Bertz CT molecular complexity index is 194. The molecule has 1 N–H and O–H groups in total. The Morgan fingerprint density at radius 2 is 2.17 bits per heavy atom. The first-order chi connectivity index (χ1) is 5.41. The van der Waals surface area contributed by atoms with Crippen LogP contribution in [0.1, 0.15) is 6.92 Å². The molecule has 0 aromatic carbocycles. The minimum Gasteiger partial charge on any atom is -0.375 e. The molecule has 1 saturated heterocycles. The molecule has 1 aliphatic rings. The number of thiocarbonyl (C=S) groups is 1. The molecule has 0 bridgehead atoms. The maximum absolute atomic E-state index is 12.0. The van der Waals surface area contributed by atoms with Crippen LogP contribution >= 0.6 is 12.2 Å². The van der Waals surface area contributed by atoms with Gasteiger partial charge in [0.2, 0.25) is 0 Å². The van der Waals surface area contributed by atoms with E-state index in [1.807, 2.05) is 0 Å². The van der Waals surface area contributed by atoms with Crippen LogP contribution in [0.15, 0.2) is 0 Å². The topological polar surface area (TPSA) is 21.3 Å². The maximum Gasteiger partial charge on any atom is 0.416 e. The number of ether oxygens (including phenoxy) is 1. The summed E-state index contributed by atoms with van der Waals surface area (Å²) in [6, 6.07) is 0. The van der Waals surface area contributed by atoms with Crippen LogP contribution in [0.25, 0.3) is 0 Å². The monoisotopic (exact) mass is 199 g/mol. The van der Waals surface area contributed by atoms with Gasteiger partial charge in [0.05, 0.1) is 6.54 Å². The third kappa shape index (κ3) is 2.07. The molecule has 1 fully saturated rings. The molecular formula is C6H8F3NOS. The summed E-state index contributed by atoms with van der Waals surface area (Å²) >= 11 is 4.70. The van der Waals surface area contributed by atoms with Gasteiger partial charge < -0.3 is 10.1 Å². The molecule has 2 unspecified atom stereocenters. The van der Waals surface area contributed by atoms with Gasteiger partial charge >= 0.3 is 6.18 Å². The zero-order valence-electron chi connectivity index (χ0n) is 6.31. The minimum atomic E-state index is -4.31. The summed E-state index contributed by atoms with van der Waals surface area (Å²) < 4.78 is 40.7. The zero-order chi connectivity index (χ0) is 9.35. The molecule has 0 amide bonds. The largest absolute Gasteiger partial charge is 0.416 e. The first-order valence-electron chi connectivity index (χ1n) is 3.41. The van der Waals surface area contributed by atoms with Gasteiger partial charge in [0.15, 0.2) is 6.10 Å². The normalized spacial score (nSPS) is 31.5. The molecule has 1 aliphatic heterocycles. The van der Waals surface area contributed by atoms with Gasteiger partial charge in [-0.2, -0.15) is 13.2 Å². The fourth-order valence-electron chi connectivity index (χ4n) is 0.886. The number of alkyl halides is 3. The predicted octanol–water partition coefficient (Wildman–Crippen LogP) is 1.25. The lowest BCUT2D eigenvalue weighted by atomic mass is 10.2. The van der Waals surface area contributed by atoms with Gasteiger partial charge in [-0.3, -0.25) is 0 Å². The summed E-state index contributed by atoms with van der Waals surface area (Å²) in [5.41, 5.74) is 0. The van der Waals surface area contributed by atoms with E-state index in [0.29, 0.717) is 4.99 Å². The first kappa shape index (κ1) is 9.73. The molecule has 70 valence electrons. The number of halogens is 3. The molecule has 1 rings (SSSR count). The molecule has 2 nitrogen and oxygen atoms in total. The summed E-state index contributed by atoms with van der Waals surface area (Å²) in [7, 11) is 0. The van der Waals surface area contributed by atoms with Gasteiger partial charge in [-0.1, -0.05) is 12.2 Å². The van der Waals surface area contributed by atoms with E-state index >= 15 is 0 Å². The Kier molecular flexibility index (Phi) is 2.58. The van der Waals surface area contributed by atoms with E-state index in [4.69, 9.17) is 12.2 Å². The van der Waals surface area contributed by atoms with Crippen molar-refractivity contribution in [2.45, 2.75) is 25.3 Å². The average molecular weight is 199 g/mol. The van der Waals surface area contributed by atoms with Crippen LogP contribution < -0.4 is 5.32 Å². The van der Waals surface area contributed by atoms with Crippen LogP contribution in [-0.4, -0.2) is 29.9 Å². The van der Waals surface area contributed by atoms with Crippen molar-refractivity contribution in [2.75, 3.05) is 6.54 Å². The second kappa shape index (κ2) is 3.18. The lowest BCUT2D eigenvalue weighted by Gasteiger charge is -2.30. The third-order valence-corrected chi connectivity index (χ3v) is 2.04. The predicted molar refractivity (Wildman–Crippen MR) is 41.0 cm³/mol. The molecule has 0 aliphatic carbocycles. The molecule has 0 aromatic heterocycles. The van der Waals surface area contributed by atoms with Crippen molar-refractivity contribution in [3.63, 3.8) is 0 Å². The standard InChI is InChI=1S/C6H8F3NOS/c1-3-5(12)10-2-4(11-3)6(7,8)9/h3-4H,2H2,1H3,(H,10,12). The molecule has 2 atom stereocenters. The molecule has 0 aromatic rings. The molecule has 1 heterocycles. The van der Waals surface area contributed by atoms with E-state index < -0.39 is 18.4 Å². The van der Waals surface area contributed by atoms with Crippen molar-refractivity contribution in [3.05, 3.63) is 0 Å². The van der Waals surface area contributed by atoms with Crippen LogP contribution in [0.2, 0.25) is 0 Å². The van der Waals surface area contributed by atoms with Crippen molar-refractivity contribution in [2.24, 2.45) is 0 Å². The lowest BCUT2D eigenvalue weighted by molar-refractivity contribution is -0.226. The van der Waals surface area contributed by atoms with Gasteiger partial charge in [-0.25, -0.2) is 0 Å². The average Bonchev–Trinajstić information content (AvgIpc) is 1.92. The highest BCUT2D eigenvalue weighted by Gasteiger charge is 2.43. The van der Waals surface area contributed by atoms with Gasteiger partial charge in [0, 0.05) is 0 Å². The number of hydrogen-bond donors (Lipinski definition) is 1. The van der Waals surface area contributed by atoms with Crippen LogP contribution in [0.5, 0.6) is 0 Å². The molecule has 0 saturated carbocycles. The molecule has 6 heteroatoms. The molecular weight excluding hydrogens is 191 g/mol. The summed E-state index contributed by atoms with van der Waals surface area (Å²) in [5.74, 6) is 0. The second-order valence-electron chi connectivity index (χ2n) is 2.55. The van der Waals surface area contributed by atoms with E-state index in [2.05, 4.69) is 10.1 Å². The SMILES string of the molecule is CC1OC(C(F)(F)F)CNC1=S. The van der Waals surface area contributed by atoms with Crippen LogP contribution in [-0.2, 0) is 4.74 Å². The summed E-state index contributed by atoms with van der Waals surface area (Å²) in [6.45, 7) is 1.21. The number of morpholine rings is 1. The van der Waals surface area contributed by atoms with Crippen LogP contribution in [0.3, 0.4) is 0 Å². The molecule has 12 heavy (non-hydrogen) atoms. The van der Waals surface area contributed by atoms with Crippen LogP contribution in [0, 0.1) is 0 Å². The fraction of sp³-hybridized carbons (Fsp3) is 0.833. The van der Waals surface area contributed by atoms with Crippen molar-refractivity contribution in [1.82, 2.24) is 5.32 Å². The summed E-state index contributed by atoms with van der Waals surface area (Å²) in [5, 5.41) is 2.47. The van der Waals surface area contributed by atoms with E-state index in [9.17, 15) is 13.2 Å². The summed E-state index contributed by atoms with van der Waals surface area (Å²) in [6.07, 6.45) is -6.70. The highest BCUT2D eigenvalue weighted by atomic mass is 32.1. The van der Waals surface area contributed by atoms with E-state index in [1.165, 1.54) is 6.92 Å². The Morgan fingerprint density at radius 1 is 1.58 bits per heavy atom. The van der Waals surface area contributed by atoms with Crippen molar-refractivity contribution in [1.29, 1.82) is 0 Å². The number of rotatable bonds is 0. The van der Waals surface area contributed by atoms with E-state index in [1.54, 1.807) is 0 Å². The Balaban J connectivity index is 2.57. The second-order valence-corrected chi connectivity index (χ2v) is 2.99. The van der Waals surface area contributed by atoms with Gasteiger partial charge in [0.1, 0.15) is 11.1 Å². The van der Waals surface area contributed by atoms with E-state index in [-0.39, 0.29) is 6.54 Å². The van der Waals surface area contributed by atoms with Gasteiger partial charge in [-0.05, 0) is 6.92 Å². The Morgan fingerprint density at radius 3 is 2.58 bits per heavy atom. The lowest BCUT2D eigenvalue weighted by Crippen LogP contribution is -2.52. The fourth-order valence-corrected chi connectivity index (χ4v) is 1.03. The Labute approximate surface area is 73.1 Å². The van der Waals surface area contributed by atoms with Gasteiger partial charge in [0.25, 0.3) is 0 Å². The quantitative estimate of drug-likeness (QED) is 0.593. The molecule has 0 radical (unpaired) electrons. The highest BCUT2D eigenvalue weighted by Crippen LogP contribution is 2.25. The first-order valence-corrected chi connectivity index (χ1v) is 3.82. The highest BCUT2D eigenvalue weighted by molar-refractivity contribution is 7.80. The number of nitrogens with one attached hydrogen (secondary N) is 1.